The van der Waals surface area contributed by atoms with Crippen LogP contribution in [0.2, 0.25) is 0 Å². The van der Waals surface area contributed by atoms with Crippen molar-refractivity contribution in [2.24, 2.45) is 13.0 Å². The van der Waals surface area contributed by atoms with Gasteiger partial charge in [0, 0.05) is 39.1 Å². The van der Waals surface area contributed by atoms with E-state index in [1.54, 1.807) is 4.68 Å². The average molecular weight is 432 g/mol. The molecule has 0 unspecified atom stereocenters. The minimum atomic E-state index is 0.0480. The fourth-order valence-electron chi connectivity index (χ4n) is 4.86. The van der Waals surface area contributed by atoms with E-state index in [1.807, 2.05) is 56.5 Å². The zero-order valence-electron chi connectivity index (χ0n) is 19.3. The summed E-state index contributed by atoms with van der Waals surface area (Å²) in [5, 5.41) is 4.38. The lowest BCUT2D eigenvalue weighted by molar-refractivity contribution is 0.0575. The van der Waals surface area contributed by atoms with Gasteiger partial charge in [0.15, 0.2) is 0 Å². The second-order valence-corrected chi connectivity index (χ2v) is 8.94. The number of aryl methyl sites for hydroxylation is 2. The van der Waals surface area contributed by atoms with Gasteiger partial charge >= 0.3 is 0 Å². The Labute approximate surface area is 190 Å². The highest BCUT2D eigenvalue weighted by atomic mass is 16.2. The summed E-state index contributed by atoms with van der Waals surface area (Å²) < 4.78 is 1.70. The molecule has 3 aromatic rings. The molecule has 1 atom stereocenters. The van der Waals surface area contributed by atoms with Gasteiger partial charge in [-0.2, -0.15) is 5.10 Å². The largest absolute Gasteiger partial charge is 0.337 e. The van der Waals surface area contributed by atoms with Crippen molar-refractivity contribution in [1.29, 1.82) is 0 Å². The third-order valence-corrected chi connectivity index (χ3v) is 6.63. The van der Waals surface area contributed by atoms with E-state index in [2.05, 4.69) is 45.3 Å². The zero-order valence-corrected chi connectivity index (χ0v) is 19.3. The van der Waals surface area contributed by atoms with Gasteiger partial charge < -0.3 is 4.90 Å². The number of hydrogen-bond acceptors (Lipinski definition) is 4. The molecule has 32 heavy (non-hydrogen) atoms. The van der Waals surface area contributed by atoms with Gasteiger partial charge in [0.05, 0.1) is 5.69 Å². The maximum absolute atomic E-state index is 13.4. The van der Waals surface area contributed by atoms with Gasteiger partial charge in [0.25, 0.3) is 5.91 Å². The third kappa shape index (κ3) is 5.25. The number of amides is 1. The highest BCUT2D eigenvalue weighted by molar-refractivity contribution is 5.92. The van der Waals surface area contributed by atoms with Crippen LogP contribution in [0.15, 0.2) is 60.9 Å². The first-order valence-corrected chi connectivity index (χ1v) is 11.4. The number of aromatic nitrogens is 3. The summed E-state index contributed by atoms with van der Waals surface area (Å²) in [6.07, 6.45) is 6.81. The first kappa shape index (κ1) is 22.2. The minimum Gasteiger partial charge on any atom is -0.337 e. The van der Waals surface area contributed by atoms with Crippen LogP contribution in [0.5, 0.6) is 0 Å². The van der Waals surface area contributed by atoms with E-state index in [-0.39, 0.29) is 11.9 Å². The zero-order chi connectivity index (χ0) is 22.5. The maximum atomic E-state index is 13.4. The summed E-state index contributed by atoms with van der Waals surface area (Å²) in [6.45, 7) is 4.94. The molecule has 1 amide bonds. The molecule has 1 saturated heterocycles. The van der Waals surface area contributed by atoms with Crippen LogP contribution in [0.25, 0.3) is 0 Å². The Morgan fingerprint density at radius 2 is 1.84 bits per heavy atom. The Balaban J connectivity index is 1.48. The van der Waals surface area contributed by atoms with E-state index >= 15 is 0 Å². The van der Waals surface area contributed by atoms with E-state index < -0.39 is 0 Å². The van der Waals surface area contributed by atoms with Gasteiger partial charge in [0.2, 0.25) is 0 Å². The average Bonchev–Trinajstić information content (AvgIpc) is 3.16. The van der Waals surface area contributed by atoms with Crippen LogP contribution in [-0.2, 0) is 20.0 Å². The predicted molar refractivity (Wildman–Crippen MR) is 126 cm³/mol. The van der Waals surface area contributed by atoms with Crippen LogP contribution in [0, 0.1) is 12.8 Å². The number of carbonyl (C=O) groups excluding carboxylic acids is 1. The van der Waals surface area contributed by atoms with Crippen LogP contribution >= 0.6 is 0 Å². The Hall–Kier alpha value is -2.99. The summed E-state index contributed by atoms with van der Waals surface area (Å²) in [5.41, 5.74) is 4.05. The number of piperidine rings is 1. The second-order valence-electron chi connectivity index (χ2n) is 8.94. The number of carbonyl (C=O) groups is 1. The Bertz CT molecular complexity index is 1010. The van der Waals surface area contributed by atoms with Gasteiger partial charge in [-0.05, 0) is 68.5 Å². The molecular weight excluding hydrogens is 398 g/mol. The molecule has 4 rings (SSSR count). The molecule has 6 heteroatoms. The molecule has 168 valence electrons. The topological polar surface area (TPSA) is 54.3 Å². The summed E-state index contributed by atoms with van der Waals surface area (Å²) in [7, 11) is 3.80. The summed E-state index contributed by atoms with van der Waals surface area (Å²) >= 11 is 0. The van der Waals surface area contributed by atoms with Crippen LogP contribution < -0.4 is 0 Å². The molecule has 1 aromatic carbocycles. The van der Waals surface area contributed by atoms with Gasteiger partial charge in [-0.3, -0.25) is 19.4 Å². The highest BCUT2D eigenvalue weighted by Crippen LogP contribution is 2.28. The lowest BCUT2D eigenvalue weighted by Gasteiger charge is -2.40. The highest BCUT2D eigenvalue weighted by Gasteiger charge is 2.32. The smallest absolute Gasteiger partial charge is 0.272 e. The van der Waals surface area contributed by atoms with Gasteiger partial charge in [-0.1, -0.05) is 36.4 Å². The normalized spacial score (nSPS) is 16.1. The Morgan fingerprint density at radius 1 is 1.12 bits per heavy atom. The molecule has 0 N–H and O–H groups in total. The fraction of sp³-hybridized carbons (Fsp3) is 0.423. The molecule has 1 aliphatic heterocycles. The van der Waals surface area contributed by atoms with Crippen molar-refractivity contribution in [1.82, 2.24) is 24.6 Å². The molecule has 6 nitrogen and oxygen atoms in total. The lowest BCUT2D eigenvalue weighted by Crippen LogP contribution is -2.47. The molecule has 3 heterocycles. The summed E-state index contributed by atoms with van der Waals surface area (Å²) in [6, 6.07) is 16.7. The lowest BCUT2D eigenvalue weighted by atomic mass is 9.84. The SMILES string of the molecule is Cc1cc(C(=O)N(C)[C@@H](Cc2ccccc2)C2CCN(Cc3cccnc3)CC2)n(C)n1. The number of pyridine rings is 1. The number of likely N-dealkylation sites (N-methyl/N-ethyl adjacent to an activating group) is 1. The van der Waals surface area contributed by atoms with Gasteiger partial charge in [-0.25, -0.2) is 0 Å². The monoisotopic (exact) mass is 431 g/mol. The molecular formula is C26H33N5O. The van der Waals surface area contributed by atoms with Crippen molar-refractivity contribution in [3.63, 3.8) is 0 Å². The Morgan fingerprint density at radius 3 is 2.47 bits per heavy atom. The molecule has 0 radical (unpaired) electrons. The summed E-state index contributed by atoms with van der Waals surface area (Å²) in [5.74, 6) is 0.510. The molecule has 0 spiro atoms. The van der Waals surface area contributed by atoms with Crippen molar-refractivity contribution in [3.05, 3.63) is 83.4 Å². The predicted octanol–water partition coefficient (Wildman–Crippen LogP) is 3.72. The van der Waals surface area contributed by atoms with Gasteiger partial charge in [-0.15, -0.1) is 0 Å². The minimum absolute atomic E-state index is 0.0480. The first-order valence-electron chi connectivity index (χ1n) is 11.4. The van der Waals surface area contributed by atoms with E-state index in [4.69, 9.17) is 0 Å². The van der Waals surface area contributed by atoms with E-state index in [0.717, 1.165) is 44.6 Å². The second kappa shape index (κ2) is 10.1. The third-order valence-electron chi connectivity index (χ3n) is 6.63. The number of benzene rings is 1. The van der Waals surface area contributed by atoms with E-state index in [0.29, 0.717) is 11.6 Å². The fourth-order valence-corrected chi connectivity index (χ4v) is 4.86. The van der Waals surface area contributed by atoms with Crippen molar-refractivity contribution < 1.29 is 4.79 Å². The van der Waals surface area contributed by atoms with Gasteiger partial charge in [0.1, 0.15) is 5.69 Å². The van der Waals surface area contributed by atoms with Crippen molar-refractivity contribution in [3.8, 4) is 0 Å². The molecule has 2 aromatic heterocycles. The molecule has 1 fully saturated rings. The number of likely N-dealkylation sites (tertiary alicyclic amines) is 1. The standard InChI is InChI=1S/C26H33N5O/c1-20-16-25(30(3)28-20)26(32)29(2)24(17-21-8-5-4-6-9-21)23-11-14-31(15-12-23)19-22-10-7-13-27-18-22/h4-10,13,16,18,23-24H,11-12,14-15,17,19H2,1-3H3/t24-/m0/s1. The number of hydrogen-bond donors (Lipinski definition) is 0. The van der Waals surface area contributed by atoms with Crippen LogP contribution in [0.4, 0.5) is 0 Å². The molecule has 0 bridgehead atoms. The Kier molecular flexibility index (Phi) is 7.00. The van der Waals surface area contributed by atoms with Crippen molar-refractivity contribution in [2.75, 3.05) is 20.1 Å². The number of nitrogens with zero attached hydrogens (tertiary/aromatic N) is 5. The molecule has 0 saturated carbocycles. The van der Waals surface area contributed by atoms with Crippen molar-refractivity contribution in [2.45, 2.75) is 38.8 Å². The van der Waals surface area contributed by atoms with Crippen LogP contribution in [-0.4, -0.2) is 56.7 Å². The van der Waals surface area contributed by atoms with E-state index in [1.165, 1.54) is 11.1 Å². The van der Waals surface area contributed by atoms with E-state index in [9.17, 15) is 4.79 Å². The molecule has 0 aliphatic carbocycles. The maximum Gasteiger partial charge on any atom is 0.272 e. The van der Waals surface area contributed by atoms with Crippen molar-refractivity contribution >= 4 is 5.91 Å². The van der Waals surface area contributed by atoms with Crippen LogP contribution in [0.3, 0.4) is 0 Å². The quantitative estimate of drug-likeness (QED) is 0.572. The number of rotatable bonds is 7. The molecule has 1 aliphatic rings. The first-order chi connectivity index (χ1) is 15.5. The summed E-state index contributed by atoms with van der Waals surface area (Å²) in [4.78, 5) is 22.1. The van der Waals surface area contributed by atoms with Crippen LogP contribution in [0.1, 0.15) is 40.2 Å².